The van der Waals surface area contributed by atoms with Gasteiger partial charge >= 0.3 is 0 Å². The van der Waals surface area contributed by atoms with Crippen LogP contribution in [0, 0.1) is 0 Å². The van der Waals surface area contributed by atoms with Crippen molar-refractivity contribution >= 4 is 49.8 Å². The summed E-state index contributed by atoms with van der Waals surface area (Å²) >= 11 is 6.13. The van der Waals surface area contributed by atoms with Crippen LogP contribution in [0.25, 0.3) is 32.3 Å². The van der Waals surface area contributed by atoms with Gasteiger partial charge < -0.3 is 36.4 Å². The highest BCUT2D eigenvalue weighted by molar-refractivity contribution is 6.37. The van der Waals surface area contributed by atoms with Crippen LogP contribution in [0.4, 0.5) is 0 Å². The van der Waals surface area contributed by atoms with Crippen molar-refractivity contribution in [2.45, 2.75) is 0 Å². The molecular formula is C19H12ClNO7. The van der Waals surface area contributed by atoms with E-state index in [4.69, 9.17) is 17.3 Å². The molecule has 4 rings (SSSR count). The Hall–Kier alpha value is -3.78. The molecule has 142 valence electrons. The van der Waals surface area contributed by atoms with Crippen molar-refractivity contribution in [2.24, 2.45) is 5.73 Å². The third-order valence-electron chi connectivity index (χ3n) is 4.71. The van der Waals surface area contributed by atoms with Crippen molar-refractivity contribution in [2.75, 3.05) is 0 Å². The zero-order chi connectivity index (χ0) is 20.5. The Morgan fingerprint density at radius 3 is 2.00 bits per heavy atom. The van der Waals surface area contributed by atoms with Crippen molar-refractivity contribution in [3.8, 4) is 34.5 Å². The first-order chi connectivity index (χ1) is 13.1. The number of aromatic hydroxyl groups is 6. The van der Waals surface area contributed by atoms with Gasteiger partial charge in [0.05, 0.1) is 16.2 Å². The molecule has 1 amide bonds. The number of amides is 1. The summed E-state index contributed by atoms with van der Waals surface area (Å²) in [7, 11) is 0. The summed E-state index contributed by atoms with van der Waals surface area (Å²) in [5.41, 5.74) is 4.34. The summed E-state index contributed by atoms with van der Waals surface area (Å²) in [6.45, 7) is 0. The maximum Gasteiger partial charge on any atom is 0.256 e. The summed E-state index contributed by atoms with van der Waals surface area (Å²) in [6.07, 6.45) is 0. The lowest BCUT2D eigenvalue weighted by atomic mass is 9.94. The number of carbonyl (C=O) groups is 1. The number of hydrogen-bond acceptors (Lipinski definition) is 7. The van der Waals surface area contributed by atoms with Crippen molar-refractivity contribution in [3.63, 3.8) is 0 Å². The van der Waals surface area contributed by atoms with Crippen LogP contribution in [0.2, 0.25) is 5.02 Å². The first-order valence-electron chi connectivity index (χ1n) is 7.84. The van der Waals surface area contributed by atoms with Gasteiger partial charge in [-0.15, -0.1) is 0 Å². The van der Waals surface area contributed by atoms with Crippen LogP contribution in [-0.2, 0) is 0 Å². The molecule has 0 radical (unpaired) electrons. The second kappa shape index (κ2) is 5.61. The van der Waals surface area contributed by atoms with Gasteiger partial charge in [0.2, 0.25) is 0 Å². The molecule has 0 aliphatic rings. The number of hydrogen-bond donors (Lipinski definition) is 7. The first kappa shape index (κ1) is 17.6. The molecule has 0 aliphatic carbocycles. The summed E-state index contributed by atoms with van der Waals surface area (Å²) in [4.78, 5) is 11.5. The fourth-order valence-corrected chi connectivity index (χ4v) is 3.66. The third kappa shape index (κ3) is 2.09. The van der Waals surface area contributed by atoms with Crippen LogP contribution in [-0.4, -0.2) is 36.5 Å². The molecule has 0 saturated heterocycles. The molecule has 0 atom stereocenters. The minimum atomic E-state index is -1.24. The van der Waals surface area contributed by atoms with Gasteiger partial charge in [0.1, 0.15) is 28.6 Å². The van der Waals surface area contributed by atoms with Crippen LogP contribution < -0.4 is 5.73 Å². The van der Waals surface area contributed by atoms with E-state index in [0.29, 0.717) is 0 Å². The van der Waals surface area contributed by atoms with Gasteiger partial charge in [0, 0.05) is 15.8 Å². The fraction of sp³-hybridized carbons (Fsp3) is 0. The molecule has 0 spiro atoms. The Kier molecular flexibility index (Phi) is 3.53. The monoisotopic (exact) mass is 401 g/mol. The molecule has 0 aliphatic heterocycles. The van der Waals surface area contributed by atoms with Crippen LogP contribution in [0.3, 0.4) is 0 Å². The molecular weight excluding hydrogens is 390 g/mol. The number of nitrogens with two attached hydrogens (primary N) is 1. The van der Waals surface area contributed by atoms with Gasteiger partial charge in [-0.1, -0.05) is 11.6 Å². The lowest BCUT2D eigenvalue weighted by molar-refractivity contribution is 0.0994. The number of rotatable bonds is 1. The second-order valence-corrected chi connectivity index (χ2v) is 6.65. The van der Waals surface area contributed by atoms with Gasteiger partial charge in [-0.2, -0.15) is 0 Å². The normalized spacial score (nSPS) is 11.5. The maximum absolute atomic E-state index is 11.5. The van der Waals surface area contributed by atoms with Gasteiger partial charge in [-0.05, 0) is 29.7 Å². The van der Waals surface area contributed by atoms with E-state index < -0.39 is 45.6 Å². The predicted octanol–water partition coefficient (Wildman–Crippen LogP) is 3.13. The van der Waals surface area contributed by atoms with E-state index in [1.165, 1.54) is 24.3 Å². The van der Waals surface area contributed by atoms with E-state index in [0.717, 1.165) is 0 Å². The van der Waals surface area contributed by atoms with Crippen LogP contribution in [0.1, 0.15) is 10.4 Å². The Labute approximate surface area is 160 Å². The van der Waals surface area contributed by atoms with Crippen molar-refractivity contribution in [1.29, 1.82) is 0 Å². The topological polar surface area (TPSA) is 164 Å². The molecule has 0 bridgehead atoms. The van der Waals surface area contributed by atoms with Gasteiger partial charge in [0.25, 0.3) is 5.91 Å². The molecule has 0 unspecified atom stereocenters. The largest absolute Gasteiger partial charge is 0.507 e. The first-order valence-corrected chi connectivity index (χ1v) is 8.22. The number of phenols is 6. The fourth-order valence-electron chi connectivity index (χ4n) is 3.45. The zero-order valence-corrected chi connectivity index (χ0v) is 14.6. The number of primary amides is 1. The molecule has 8 nitrogen and oxygen atoms in total. The van der Waals surface area contributed by atoms with Crippen LogP contribution in [0.15, 0.2) is 24.3 Å². The van der Waals surface area contributed by atoms with Crippen molar-refractivity contribution < 1.29 is 35.4 Å². The Bertz CT molecular complexity index is 1360. The second-order valence-electron chi connectivity index (χ2n) is 6.25. The highest BCUT2D eigenvalue weighted by Gasteiger charge is 2.27. The predicted molar refractivity (Wildman–Crippen MR) is 102 cm³/mol. The molecule has 8 N–H and O–H groups in total. The molecule has 0 fully saturated rings. The van der Waals surface area contributed by atoms with Crippen LogP contribution >= 0.6 is 11.6 Å². The maximum atomic E-state index is 11.5. The summed E-state index contributed by atoms with van der Waals surface area (Å²) in [5.74, 6) is -5.36. The number of phenolic OH excluding ortho intramolecular Hbond substituents is 4. The molecule has 9 heteroatoms. The third-order valence-corrected chi connectivity index (χ3v) is 5.04. The van der Waals surface area contributed by atoms with Crippen molar-refractivity contribution in [3.05, 3.63) is 34.9 Å². The molecule has 28 heavy (non-hydrogen) atoms. The average Bonchev–Trinajstić information content (AvgIpc) is 2.62. The van der Waals surface area contributed by atoms with Gasteiger partial charge in [-0.25, -0.2) is 0 Å². The molecule has 0 aromatic heterocycles. The smallest absolute Gasteiger partial charge is 0.256 e. The van der Waals surface area contributed by atoms with Crippen molar-refractivity contribution in [1.82, 2.24) is 0 Å². The highest BCUT2D eigenvalue weighted by atomic mass is 35.5. The van der Waals surface area contributed by atoms with E-state index in [2.05, 4.69) is 0 Å². The van der Waals surface area contributed by atoms with E-state index in [1.807, 2.05) is 0 Å². The number of halogens is 1. The molecule has 0 saturated carbocycles. The minimum absolute atomic E-state index is 0.0349. The summed E-state index contributed by atoms with van der Waals surface area (Å²) in [5, 5.41) is 62.1. The minimum Gasteiger partial charge on any atom is -0.507 e. The van der Waals surface area contributed by atoms with E-state index in [9.17, 15) is 35.4 Å². The van der Waals surface area contributed by atoms with Crippen LogP contribution in [0.5, 0.6) is 34.5 Å². The Balaban J connectivity index is 2.34. The lowest BCUT2D eigenvalue weighted by Crippen LogP contribution is -2.11. The highest BCUT2D eigenvalue weighted by Crippen LogP contribution is 2.53. The number of carbonyl (C=O) groups excluding carboxylic acids is 1. The van der Waals surface area contributed by atoms with Gasteiger partial charge in [-0.3, -0.25) is 4.79 Å². The van der Waals surface area contributed by atoms with E-state index >= 15 is 0 Å². The SMILES string of the molecule is NC(=O)c1c(O)c(O)c2cc3cc4c(Cl)ccc(O)c4c(O)c3c(O)c2c1O. The number of benzene rings is 4. The van der Waals surface area contributed by atoms with E-state index in [1.54, 1.807) is 0 Å². The molecule has 4 aromatic rings. The average molecular weight is 402 g/mol. The summed E-state index contributed by atoms with van der Waals surface area (Å²) in [6, 6.07) is 5.39. The summed E-state index contributed by atoms with van der Waals surface area (Å²) < 4.78 is 0. The number of fused-ring (bicyclic) bond motifs is 3. The molecule has 0 heterocycles. The quantitative estimate of drug-likeness (QED) is 0.146. The molecule has 4 aromatic carbocycles. The zero-order valence-electron chi connectivity index (χ0n) is 13.9. The van der Waals surface area contributed by atoms with E-state index in [-0.39, 0.29) is 37.7 Å². The Morgan fingerprint density at radius 2 is 1.36 bits per heavy atom. The van der Waals surface area contributed by atoms with Gasteiger partial charge in [0.15, 0.2) is 11.5 Å². The lowest BCUT2D eigenvalue weighted by Gasteiger charge is -2.16. The Morgan fingerprint density at radius 1 is 0.750 bits per heavy atom. The standard InChI is InChI=1S/C19H12ClNO7/c20-8-1-2-9(22)11-6(8)3-5-4-7-12(16(25)10(5)15(11)24)17(26)13(19(21)28)18(27)14(7)23/h1-4,22-27H,(H2,21,28).